The third kappa shape index (κ3) is 9.13. The van der Waals surface area contributed by atoms with E-state index in [0.29, 0.717) is 0 Å². The van der Waals surface area contributed by atoms with E-state index in [0.717, 1.165) is 0 Å². The Kier molecular flexibility index (Phi) is 8.84. The predicted octanol–water partition coefficient (Wildman–Crippen LogP) is -2.67. The van der Waals surface area contributed by atoms with Crippen molar-refractivity contribution in [1.82, 2.24) is 5.32 Å². The van der Waals surface area contributed by atoms with E-state index in [1.54, 1.807) is 0 Å². The molecule has 0 spiro atoms. The van der Waals surface area contributed by atoms with E-state index in [2.05, 4.69) is 11.1 Å². The highest BCUT2D eigenvalue weighted by Gasteiger charge is 2.28. The molecule has 0 heterocycles. The Balaban J connectivity index is 0. The highest BCUT2D eigenvalue weighted by Crippen LogP contribution is 2.00. The van der Waals surface area contributed by atoms with Crippen LogP contribution in [0.4, 0.5) is 0 Å². The van der Waals surface area contributed by atoms with E-state index in [1.165, 1.54) is 13.8 Å². The molecule has 0 saturated heterocycles. The lowest BCUT2D eigenvalue weighted by molar-refractivity contribution is -0.123. The lowest BCUT2D eigenvalue weighted by atomic mass is 10.0. The minimum absolute atomic E-state index is 0.333. The standard InChI is InChI=1S/C6H13NO4.C2H5NO/c1-5(11)7-6(2-8,3-9)4-10;1-2(3)4/h8-10H,2-4H2,1H3,(H,7,11);1H3,(H2,3,4). The zero-order valence-corrected chi connectivity index (χ0v) is 8.86. The molecule has 90 valence electrons. The van der Waals surface area contributed by atoms with Gasteiger partial charge in [-0.3, -0.25) is 9.59 Å². The van der Waals surface area contributed by atoms with Crippen molar-refractivity contribution in [2.45, 2.75) is 19.4 Å². The summed E-state index contributed by atoms with van der Waals surface area (Å²) in [6.45, 7) is 1.09. The number of carbonyl (C=O) groups excluding carboxylic acids is 2. The van der Waals surface area contributed by atoms with E-state index in [9.17, 15) is 9.59 Å². The number of aliphatic hydroxyl groups is 3. The molecule has 6 N–H and O–H groups in total. The second-order valence-corrected chi connectivity index (χ2v) is 3.05. The number of hydrogen-bond donors (Lipinski definition) is 5. The van der Waals surface area contributed by atoms with Crippen molar-refractivity contribution in [3.63, 3.8) is 0 Å². The van der Waals surface area contributed by atoms with Gasteiger partial charge in [0.05, 0.1) is 19.8 Å². The monoisotopic (exact) mass is 222 g/mol. The molecule has 0 saturated carbocycles. The first-order valence-electron chi connectivity index (χ1n) is 4.21. The molecule has 2 amide bonds. The van der Waals surface area contributed by atoms with Gasteiger partial charge in [-0.2, -0.15) is 0 Å². The molecule has 7 heteroatoms. The Labute approximate surface area is 87.9 Å². The average Bonchev–Trinajstić information content (AvgIpc) is 2.13. The minimum Gasteiger partial charge on any atom is -0.394 e. The minimum atomic E-state index is -1.29. The van der Waals surface area contributed by atoms with E-state index in [-0.39, 0.29) is 5.91 Å². The molecule has 0 aliphatic carbocycles. The Bertz CT molecular complexity index is 191. The fourth-order valence-electron chi connectivity index (χ4n) is 0.642. The van der Waals surface area contributed by atoms with Crippen molar-refractivity contribution >= 4 is 11.8 Å². The van der Waals surface area contributed by atoms with Crippen molar-refractivity contribution in [2.75, 3.05) is 19.8 Å². The third-order valence-electron chi connectivity index (χ3n) is 1.35. The molecular weight excluding hydrogens is 204 g/mol. The van der Waals surface area contributed by atoms with Gasteiger partial charge in [0.25, 0.3) is 0 Å². The van der Waals surface area contributed by atoms with Crippen LogP contribution in [0.2, 0.25) is 0 Å². The number of rotatable bonds is 4. The maximum atomic E-state index is 10.5. The summed E-state index contributed by atoms with van der Waals surface area (Å²) in [6, 6.07) is 0. The van der Waals surface area contributed by atoms with Gasteiger partial charge in [0.1, 0.15) is 5.54 Å². The number of nitrogens with two attached hydrogens (primary N) is 1. The normalized spacial score (nSPS) is 9.93. The van der Waals surface area contributed by atoms with Crippen molar-refractivity contribution in [1.29, 1.82) is 0 Å². The number of aliphatic hydroxyl groups excluding tert-OH is 3. The topological polar surface area (TPSA) is 133 Å². The van der Waals surface area contributed by atoms with Crippen LogP contribution in [-0.4, -0.2) is 52.5 Å². The molecule has 0 radical (unpaired) electrons. The number of hydrogen-bond acceptors (Lipinski definition) is 5. The number of primary amides is 1. The molecular formula is C8H18N2O5. The van der Waals surface area contributed by atoms with Gasteiger partial charge in [0, 0.05) is 13.8 Å². The van der Waals surface area contributed by atoms with E-state index in [4.69, 9.17) is 15.3 Å². The van der Waals surface area contributed by atoms with Crippen LogP contribution in [0.1, 0.15) is 13.8 Å². The molecule has 0 rings (SSSR count). The highest BCUT2D eigenvalue weighted by atomic mass is 16.3. The summed E-state index contributed by atoms with van der Waals surface area (Å²) in [5, 5.41) is 28.3. The molecule has 0 aromatic carbocycles. The smallest absolute Gasteiger partial charge is 0.217 e. The van der Waals surface area contributed by atoms with Crippen LogP contribution in [0, 0.1) is 0 Å². The fourth-order valence-corrected chi connectivity index (χ4v) is 0.642. The summed E-state index contributed by atoms with van der Waals surface area (Å²) in [5.41, 5.74) is 3.19. The molecule has 0 aliphatic heterocycles. The van der Waals surface area contributed by atoms with Crippen LogP contribution in [0.5, 0.6) is 0 Å². The second-order valence-electron chi connectivity index (χ2n) is 3.05. The zero-order valence-electron chi connectivity index (χ0n) is 8.86. The summed E-state index contributed by atoms with van der Waals surface area (Å²) in [6.07, 6.45) is 0. The summed E-state index contributed by atoms with van der Waals surface area (Å²) in [7, 11) is 0. The van der Waals surface area contributed by atoms with Gasteiger partial charge in [-0.25, -0.2) is 0 Å². The van der Waals surface area contributed by atoms with Crippen LogP contribution in [0.25, 0.3) is 0 Å². The third-order valence-corrected chi connectivity index (χ3v) is 1.35. The van der Waals surface area contributed by atoms with E-state index < -0.39 is 31.3 Å². The largest absolute Gasteiger partial charge is 0.394 e. The summed E-state index contributed by atoms with van der Waals surface area (Å²) >= 11 is 0. The lowest BCUT2D eigenvalue weighted by Gasteiger charge is -2.27. The van der Waals surface area contributed by atoms with Gasteiger partial charge < -0.3 is 26.4 Å². The maximum absolute atomic E-state index is 10.5. The first kappa shape index (κ1) is 16.3. The lowest BCUT2D eigenvalue weighted by Crippen LogP contribution is -2.56. The van der Waals surface area contributed by atoms with Gasteiger partial charge in [0.15, 0.2) is 0 Å². The van der Waals surface area contributed by atoms with Crippen molar-refractivity contribution in [2.24, 2.45) is 5.73 Å². The van der Waals surface area contributed by atoms with Crippen LogP contribution >= 0.6 is 0 Å². The van der Waals surface area contributed by atoms with Crippen molar-refractivity contribution in [3.05, 3.63) is 0 Å². The molecule has 0 atom stereocenters. The highest BCUT2D eigenvalue weighted by molar-refractivity contribution is 5.73. The van der Waals surface area contributed by atoms with Crippen LogP contribution in [0.3, 0.4) is 0 Å². The molecule has 7 nitrogen and oxygen atoms in total. The summed E-state index contributed by atoms with van der Waals surface area (Å²) in [4.78, 5) is 19.7. The molecule has 0 bridgehead atoms. The first-order chi connectivity index (χ1) is 6.83. The van der Waals surface area contributed by atoms with E-state index in [1.807, 2.05) is 0 Å². The summed E-state index contributed by atoms with van der Waals surface area (Å²) < 4.78 is 0. The number of nitrogens with one attached hydrogen (secondary N) is 1. The Hall–Kier alpha value is -1.18. The number of carbonyl (C=O) groups is 2. The van der Waals surface area contributed by atoms with Gasteiger partial charge in [-0.1, -0.05) is 0 Å². The van der Waals surface area contributed by atoms with Crippen molar-refractivity contribution < 1.29 is 24.9 Å². The van der Waals surface area contributed by atoms with Gasteiger partial charge in [0.2, 0.25) is 11.8 Å². The Morgan fingerprint density at radius 1 is 1.13 bits per heavy atom. The SMILES string of the molecule is CC(=O)NC(CO)(CO)CO.CC(N)=O. The van der Waals surface area contributed by atoms with Gasteiger partial charge in [-0.05, 0) is 0 Å². The predicted molar refractivity (Wildman–Crippen MR) is 52.7 cm³/mol. The molecule has 15 heavy (non-hydrogen) atoms. The van der Waals surface area contributed by atoms with Gasteiger partial charge in [-0.15, -0.1) is 0 Å². The van der Waals surface area contributed by atoms with Crippen LogP contribution in [-0.2, 0) is 9.59 Å². The second kappa shape index (κ2) is 8.16. The first-order valence-corrected chi connectivity index (χ1v) is 4.21. The van der Waals surface area contributed by atoms with Gasteiger partial charge >= 0.3 is 0 Å². The Morgan fingerprint density at radius 2 is 1.40 bits per heavy atom. The van der Waals surface area contributed by atoms with Crippen LogP contribution in [0.15, 0.2) is 0 Å². The number of amides is 2. The van der Waals surface area contributed by atoms with Crippen LogP contribution < -0.4 is 11.1 Å². The summed E-state index contributed by atoms with van der Waals surface area (Å²) in [5.74, 6) is -0.734. The average molecular weight is 222 g/mol. The molecule has 0 aliphatic rings. The zero-order chi connectivity index (χ0) is 12.5. The maximum Gasteiger partial charge on any atom is 0.217 e. The molecule has 0 aromatic heterocycles. The molecule has 0 fully saturated rings. The van der Waals surface area contributed by atoms with E-state index >= 15 is 0 Å². The molecule has 0 unspecified atom stereocenters. The Morgan fingerprint density at radius 3 is 1.47 bits per heavy atom. The fraction of sp³-hybridized carbons (Fsp3) is 0.750. The molecule has 0 aromatic rings. The van der Waals surface area contributed by atoms with Crippen molar-refractivity contribution in [3.8, 4) is 0 Å². The quantitative estimate of drug-likeness (QED) is 0.354.